The first kappa shape index (κ1) is 13.7. The molecular formula is C12H10BrFN2O3. The fourth-order valence-electron chi connectivity index (χ4n) is 1.68. The SMILES string of the molecule is CC1(C)C(=O)NC(=O)N(c2c(F)cccc2Br)C1=O. The molecule has 7 heteroatoms. The van der Waals surface area contributed by atoms with Gasteiger partial charge in [-0.05, 0) is 41.9 Å². The summed E-state index contributed by atoms with van der Waals surface area (Å²) in [5.41, 5.74) is -1.64. The average Bonchev–Trinajstić information content (AvgIpc) is 2.31. The van der Waals surface area contributed by atoms with Crippen LogP contribution in [-0.2, 0) is 9.59 Å². The maximum atomic E-state index is 13.8. The normalized spacial score (nSPS) is 18.5. The van der Waals surface area contributed by atoms with Crippen LogP contribution in [-0.4, -0.2) is 17.8 Å². The molecule has 1 saturated heterocycles. The van der Waals surface area contributed by atoms with Crippen molar-refractivity contribution in [2.24, 2.45) is 5.41 Å². The summed E-state index contributed by atoms with van der Waals surface area (Å²) in [5, 5.41) is 2.04. The Morgan fingerprint density at radius 2 is 1.89 bits per heavy atom. The van der Waals surface area contributed by atoms with Crippen molar-refractivity contribution in [1.29, 1.82) is 0 Å². The molecule has 1 heterocycles. The van der Waals surface area contributed by atoms with Gasteiger partial charge in [-0.1, -0.05) is 6.07 Å². The standard InChI is InChI=1S/C12H10BrFN2O3/c1-12(2)9(17)15-11(19)16(10(12)18)8-6(13)4-3-5-7(8)14/h3-5H,1-2H3,(H,15,17,19). The molecule has 2 rings (SSSR count). The molecule has 1 aliphatic heterocycles. The van der Waals surface area contributed by atoms with Crippen molar-refractivity contribution < 1.29 is 18.8 Å². The Morgan fingerprint density at radius 3 is 2.47 bits per heavy atom. The Bertz CT molecular complexity index is 580. The summed E-state index contributed by atoms with van der Waals surface area (Å²) in [6.45, 7) is 2.75. The summed E-state index contributed by atoms with van der Waals surface area (Å²) < 4.78 is 14.1. The maximum Gasteiger partial charge on any atom is 0.335 e. The minimum atomic E-state index is -1.43. The first-order valence-corrected chi connectivity index (χ1v) is 6.20. The molecule has 4 amide bonds. The highest BCUT2D eigenvalue weighted by atomic mass is 79.9. The third-order valence-corrected chi connectivity index (χ3v) is 3.53. The third kappa shape index (κ3) is 2.03. The van der Waals surface area contributed by atoms with E-state index in [1.807, 2.05) is 5.32 Å². The number of nitrogens with one attached hydrogen (secondary N) is 1. The predicted octanol–water partition coefficient (Wildman–Crippen LogP) is 2.20. The van der Waals surface area contributed by atoms with E-state index in [1.165, 1.54) is 26.0 Å². The summed E-state index contributed by atoms with van der Waals surface area (Å²) in [6, 6.07) is 3.11. The van der Waals surface area contributed by atoms with Crippen LogP contribution in [0.5, 0.6) is 0 Å². The molecule has 1 N–H and O–H groups in total. The third-order valence-electron chi connectivity index (χ3n) is 2.89. The quantitative estimate of drug-likeness (QED) is 0.803. The Balaban J connectivity index is 2.58. The van der Waals surface area contributed by atoms with Crippen molar-refractivity contribution in [2.45, 2.75) is 13.8 Å². The van der Waals surface area contributed by atoms with Gasteiger partial charge in [0.05, 0.1) is 0 Å². The van der Waals surface area contributed by atoms with Crippen molar-refractivity contribution in [3.63, 3.8) is 0 Å². The molecule has 0 aliphatic carbocycles. The Morgan fingerprint density at radius 1 is 1.26 bits per heavy atom. The maximum absolute atomic E-state index is 13.8. The van der Waals surface area contributed by atoms with Gasteiger partial charge in [0.2, 0.25) is 11.8 Å². The molecule has 1 aromatic rings. The van der Waals surface area contributed by atoms with Gasteiger partial charge in [0.1, 0.15) is 16.9 Å². The summed E-state index contributed by atoms with van der Waals surface area (Å²) in [5.74, 6) is -2.21. The second kappa shape index (κ2) is 4.41. The van der Waals surface area contributed by atoms with E-state index in [0.717, 1.165) is 6.07 Å². The Hall–Kier alpha value is -1.76. The number of nitrogens with zero attached hydrogens (tertiary/aromatic N) is 1. The molecule has 19 heavy (non-hydrogen) atoms. The molecule has 0 unspecified atom stereocenters. The van der Waals surface area contributed by atoms with E-state index in [0.29, 0.717) is 4.90 Å². The van der Waals surface area contributed by atoms with E-state index in [4.69, 9.17) is 0 Å². The molecule has 0 saturated carbocycles. The lowest BCUT2D eigenvalue weighted by atomic mass is 9.88. The smallest absolute Gasteiger partial charge is 0.276 e. The van der Waals surface area contributed by atoms with E-state index in [9.17, 15) is 18.8 Å². The summed E-state index contributed by atoms with van der Waals surface area (Å²) >= 11 is 3.09. The van der Waals surface area contributed by atoms with Crippen LogP contribution in [0.4, 0.5) is 14.9 Å². The van der Waals surface area contributed by atoms with E-state index in [1.54, 1.807) is 0 Å². The monoisotopic (exact) mass is 328 g/mol. The molecule has 5 nitrogen and oxygen atoms in total. The molecular weight excluding hydrogens is 319 g/mol. The summed E-state index contributed by atoms with van der Waals surface area (Å²) in [7, 11) is 0. The lowest BCUT2D eigenvalue weighted by Crippen LogP contribution is -2.62. The molecule has 1 fully saturated rings. The second-order valence-corrected chi connectivity index (χ2v) is 5.45. The minimum absolute atomic E-state index is 0.203. The largest absolute Gasteiger partial charge is 0.335 e. The number of rotatable bonds is 1. The average molecular weight is 329 g/mol. The van der Waals surface area contributed by atoms with Crippen LogP contribution in [0.25, 0.3) is 0 Å². The zero-order chi connectivity index (χ0) is 14.4. The van der Waals surface area contributed by atoms with Crippen molar-refractivity contribution in [3.05, 3.63) is 28.5 Å². The number of benzene rings is 1. The van der Waals surface area contributed by atoms with E-state index < -0.39 is 29.1 Å². The number of carbonyl (C=O) groups is 3. The van der Waals surface area contributed by atoms with Gasteiger partial charge in [0, 0.05) is 4.47 Å². The van der Waals surface area contributed by atoms with Crippen LogP contribution in [0, 0.1) is 11.2 Å². The number of urea groups is 1. The number of para-hydroxylation sites is 1. The van der Waals surface area contributed by atoms with Crippen LogP contribution in [0.15, 0.2) is 22.7 Å². The van der Waals surface area contributed by atoms with Gasteiger partial charge in [-0.3, -0.25) is 14.9 Å². The van der Waals surface area contributed by atoms with Crippen LogP contribution in [0.1, 0.15) is 13.8 Å². The molecule has 0 bridgehead atoms. The summed E-state index contributed by atoms with van der Waals surface area (Å²) in [4.78, 5) is 36.3. The zero-order valence-corrected chi connectivity index (χ0v) is 11.7. The fourth-order valence-corrected chi connectivity index (χ4v) is 2.20. The number of imide groups is 2. The van der Waals surface area contributed by atoms with Crippen molar-refractivity contribution in [3.8, 4) is 0 Å². The van der Waals surface area contributed by atoms with E-state index >= 15 is 0 Å². The van der Waals surface area contributed by atoms with E-state index in [2.05, 4.69) is 15.9 Å². The lowest BCUT2D eigenvalue weighted by Gasteiger charge is -2.34. The Labute approximate surface area is 116 Å². The first-order valence-electron chi connectivity index (χ1n) is 5.41. The van der Waals surface area contributed by atoms with Crippen molar-refractivity contribution >= 4 is 39.5 Å². The van der Waals surface area contributed by atoms with Gasteiger partial charge in [0.15, 0.2) is 0 Å². The number of carbonyl (C=O) groups excluding carboxylic acids is 3. The van der Waals surface area contributed by atoms with Gasteiger partial charge in [-0.25, -0.2) is 14.1 Å². The summed E-state index contributed by atoms with van der Waals surface area (Å²) in [6.07, 6.45) is 0. The first-order chi connectivity index (χ1) is 8.76. The van der Waals surface area contributed by atoms with Crippen molar-refractivity contribution in [2.75, 3.05) is 4.90 Å². The number of hydrogen-bond donors (Lipinski definition) is 1. The molecule has 1 aliphatic rings. The van der Waals surface area contributed by atoms with Gasteiger partial charge in [0.25, 0.3) is 0 Å². The van der Waals surface area contributed by atoms with Crippen LogP contribution >= 0.6 is 15.9 Å². The molecule has 0 spiro atoms. The van der Waals surface area contributed by atoms with Gasteiger partial charge in [-0.2, -0.15) is 0 Å². The highest BCUT2D eigenvalue weighted by Crippen LogP contribution is 2.34. The second-order valence-electron chi connectivity index (χ2n) is 4.60. The van der Waals surface area contributed by atoms with Gasteiger partial charge < -0.3 is 0 Å². The van der Waals surface area contributed by atoms with Gasteiger partial charge in [-0.15, -0.1) is 0 Å². The highest BCUT2D eigenvalue weighted by Gasteiger charge is 2.48. The lowest BCUT2D eigenvalue weighted by molar-refractivity contribution is -0.140. The van der Waals surface area contributed by atoms with Crippen molar-refractivity contribution in [1.82, 2.24) is 5.32 Å². The molecule has 1 aromatic carbocycles. The molecule has 0 radical (unpaired) electrons. The predicted molar refractivity (Wildman–Crippen MR) is 68.9 cm³/mol. The molecule has 100 valence electrons. The van der Waals surface area contributed by atoms with Crippen LogP contribution < -0.4 is 10.2 Å². The number of barbiturate groups is 1. The van der Waals surface area contributed by atoms with Gasteiger partial charge >= 0.3 is 6.03 Å². The number of amides is 4. The number of anilines is 1. The molecule has 0 atom stereocenters. The number of halogens is 2. The fraction of sp³-hybridized carbons (Fsp3) is 0.250. The Kier molecular flexibility index (Phi) is 3.17. The van der Waals surface area contributed by atoms with Crippen LogP contribution in [0.3, 0.4) is 0 Å². The zero-order valence-electron chi connectivity index (χ0n) is 10.2. The van der Waals surface area contributed by atoms with E-state index in [-0.39, 0.29) is 10.2 Å². The highest BCUT2D eigenvalue weighted by molar-refractivity contribution is 9.10. The molecule has 0 aromatic heterocycles. The van der Waals surface area contributed by atoms with Crippen LogP contribution in [0.2, 0.25) is 0 Å². The minimum Gasteiger partial charge on any atom is -0.276 e. The topological polar surface area (TPSA) is 66.5 Å². The number of hydrogen-bond acceptors (Lipinski definition) is 3.